The summed E-state index contributed by atoms with van der Waals surface area (Å²) < 4.78 is 19.0. The van der Waals surface area contributed by atoms with Gasteiger partial charge in [0.15, 0.2) is 0 Å². The first-order valence-corrected chi connectivity index (χ1v) is 8.96. The molecule has 0 saturated carbocycles. The summed E-state index contributed by atoms with van der Waals surface area (Å²) in [6, 6.07) is 14.3. The SMILES string of the molecule is COc1cccc(CCC(=O)N2CCN(c3cccc(F)c3C#N)CC2)c1. The number of halogens is 1. The van der Waals surface area contributed by atoms with Gasteiger partial charge in [-0.2, -0.15) is 5.26 Å². The molecule has 1 amide bonds. The van der Waals surface area contributed by atoms with Crippen LogP contribution in [-0.2, 0) is 11.2 Å². The lowest BCUT2D eigenvalue weighted by atomic mass is 10.1. The van der Waals surface area contributed by atoms with E-state index in [1.165, 1.54) is 6.07 Å². The number of nitriles is 1. The molecule has 2 aromatic rings. The highest BCUT2D eigenvalue weighted by Crippen LogP contribution is 2.24. The van der Waals surface area contributed by atoms with Crippen molar-refractivity contribution in [1.82, 2.24) is 4.90 Å². The third kappa shape index (κ3) is 4.37. The lowest BCUT2D eigenvalue weighted by molar-refractivity contribution is -0.131. The summed E-state index contributed by atoms with van der Waals surface area (Å²) in [6.07, 6.45) is 1.11. The smallest absolute Gasteiger partial charge is 0.223 e. The van der Waals surface area contributed by atoms with Crippen molar-refractivity contribution < 1.29 is 13.9 Å². The van der Waals surface area contributed by atoms with Crippen LogP contribution in [0.4, 0.5) is 10.1 Å². The molecule has 6 heteroatoms. The predicted molar refractivity (Wildman–Crippen MR) is 101 cm³/mol. The topological polar surface area (TPSA) is 56.6 Å². The van der Waals surface area contributed by atoms with E-state index in [-0.39, 0.29) is 11.5 Å². The molecule has 0 aromatic heterocycles. The summed E-state index contributed by atoms with van der Waals surface area (Å²) >= 11 is 0. The molecule has 140 valence electrons. The second kappa shape index (κ2) is 8.54. The van der Waals surface area contributed by atoms with Crippen molar-refractivity contribution in [2.75, 3.05) is 38.2 Å². The zero-order valence-electron chi connectivity index (χ0n) is 15.3. The number of rotatable bonds is 5. The van der Waals surface area contributed by atoms with Gasteiger partial charge >= 0.3 is 0 Å². The highest BCUT2D eigenvalue weighted by molar-refractivity contribution is 5.77. The maximum atomic E-state index is 13.8. The molecule has 1 aliphatic heterocycles. The van der Waals surface area contributed by atoms with E-state index in [2.05, 4.69) is 0 Å². The Morgan fingerprint density at radius 3 is 2.63 bits per heavy atom. The van der Waals surface area contributed by atoms with E-state index in [1.807, 2.05) is 40.1 Å². The molecule has 0 radical (unpaired) electrons. The van der Waals surface area contributed by atoms with Gasteiger partial charge in [0.05, 0.1) is 12.8 Å². The molecule has 0 N–H and O–H groups in total. The molecule has 1 heterocycles. The van der Waals surface area contributed by atoms with E-state index in [0.29, 0.717) is 44.7 Å². The second-order valence-corrected chi connectivity index (χ2v) is 6.47. The maximum absolute atomic E-state index is 13.8. The lowest BCUT2D eigenvalue weighted by Gasteiger charge is -2.36. The van der Waals surface area contributed by atoms with Crippen LogP contribution in [0.2, 0.25) is 0 Å². The number of hydrogen-bond acceptors (Lipinski definition) is 4. The molecule has 3 rings (SSSR count). The van der Waals surface area contributed by atoms with Crippen molar-refractivity contribution in [3.05, 3.63) is 59.4 Å². The molecule has 27 heavy (non-hydrogen) atoms. The third-order valence-electron chi connectivity index (χ3n) is 4.84. The van der Waals surface area contributed by atoms with Crippen LogP contribution in [0, 0.1) is 17.1 Å². The van der Waals surface area contributed by atoms with E-state index in [4.69, 9.17) is 4.74 Å². The largest absolute Gasteiger partial charge is 0.497 e. The first kappa shape index (κ1) is 18.7. The number of hydrogen-bond donors (Lipinski definition) is 0. The molecule has 0 atom stereocenters. The fourth-order valence-corrected chi connectivity index (χ4v) is 3.32. The third-order valence-corrected chi connectivity index (χ3v) is 4.84. The molecular weight excluding hydrogens is 345 g/mol. The predicted octanol–water partition coefficient (Wildman–Crippen LogP) is 2.99. The van der Waals surface area contributed by atoms with Crippen molar-refractivity contribution in [3.63, 3.8) is 0 Å². The van der Waals surface area contributed by atoms with Crippen LogP contribution in [0.5, 0.6) is 5.75 Å². The molecular formula is C21H22FN3O2. The van der Waals surface area contributed by atoms with Gasteiger partial charge in [-0.15, -0.1) is 0 Å². The Morgan fingerprint density at radius 2 is 1.93 bits per heavy atom. The minimum Gasteiger partial charge on any atom is -0.497 e. The first-order chi connectivity index (χ1) is 13.1. The average Bonchev–Trinajstić information content (AvgIpc) is 2.72. The quantitative estimate of drug-likeness (QED) is 0.815. The number of benzene rings is 2. The zero-order valence-corrected chi connectivity index (χ0v) is 15.3. The average molecular weight is 367 g/mol. The molecule has 2 aromatic carbocycles. The standard InChI is InChI=1S/C21H22FN3O2/c1-27-17-5-2-4-16(14-17)8-9-21(26)25-12-10-24(11-13-25)20-7-3-6-19(22)18(20)15-23/h2-7,14H,8-13H2,1H3. The van der Waals surface area contributed by atoms with Crippen molar-refractivity contribution in [2.45, 2.75) is 12.8 Å². The van der Waals surface area contributed by atoms with Gasteiger partial charge in [0, 0.05) is 32.6 Å². The number of methoxy groups -OCH3 is 1. The Hall–Kier alpha value is -3.07. The number of piperazine rings is 1. The van der Waals surface area contributed by atoms with Gasteiger partial charge in [0.2, 0.25) is 5.91 Å². The summed E-state index contributed by atoms with van der Waals surface area (Å²) in [6.45, 7) is 2.31. The van der Waals surface area contributed by atoms with E-state index < -0.39 is 5.82 Å². The van der Waals surface area contributed by atoms with Crippen molar-refractivity contribution in [3.8, 4) is 11.8 Å². The van der Waals surface area contributed by atoms with Gasteiger partial charge in [0.1, 0.15) is 23.2 Å². The van der Waals surface area contributed by atoms with E-state index in [9.17, 15) is 14.4 Å². The van der Waals surface area contributed by atoms with E-state index >= 15 is 0 Å². The Balaban J connectivity index is 1.55. The molecule has 1 fully saturated rings. The minimum atomic E-state index is -0.508. The Labute approximate surface area is 158 Å². The van der Waals surface area contributed by atoms with Crippen LogP contribution in [0.3, 0.4) is 0 Å². The van der Waals surface area contributed by atoms with Crippen LogP contribution in [-0.4, -0.2) is 44.1 Å². The van der Waals surface area contributed by atoms with E-state index in [0.717, 1.165) is 11.3 Å². The highest BCUT2D eigenvalue weighted by atomic mass is 19.1. The monoisotopic (exact) mass is 367 g/mol. The summed E-state index contributed by atoms with van der Waals surface area (Å²) in [4.78, 5) is 16.3. The van der Waals surface area contributed by atoms with Gasteiger partial charge in [-0.1, -0.05) is 18.2 Å². The number of carbonyl (C=O) groups is 1. The Morgan fingerprint density at radius 1 is 1.19 bits per heavy atom. The van der Waals surface area contributed by atoms with Gasteiger partial charge < -0.3 is 14.5 Å². The Bertz CT molecular complexity index is 855. The molecule has 5 nitrogen and oxygen atoms in total. The molecule has 0 bridgehead atoms. The molecule has 1 saturated heterocycles. The van der Waals surface area contributed by atoms with Crippen LogP contribution in [0.15, 0.2) is 42.5 Å². The zero-order chi connectivity index (χ0) is 19.2. The van der Waals surface area contributed by atoms with Gasteiger partial charge in [0.25, 0.3) is 0 Å². The molecule has 0 aliphatic carbocycles. The van der Waals surface area contributed by atoms with Gasteiger partial charge in [-0.3, -0.25) is 4.79 Å². The van der Waals surface area contributed by atoms with E-state index in [1.54, 1.807) is 19.2 Å². The van der Waals surface area contributed by atoms with Crippen molar-refractivity contribution in [1.29, 1.82) is 5.26 Å². The van der Waals surface area contributed by atoms with Crippen LogP contribution >= 0.6 is 0 Å². The fraction of sp³-hybridized carbons (Fsp3) is 0.333. The van der Waals surface area contributed by atoms with Gasteiger partial charge in [-0.05, 0) is 36.2 Å². The molecule has 0 unspecified atom stereocenters. The van der Waals surface area contributed by atoms with Crippen molar-refractivity contribution >= 4 is 11.6 Å². The highest BCUT2D eigenvalue weighted by Gasteiger charge is 2.23. The van der Waals surface area contributed by atoms with Crippen molar-refractivity contribution in [2.24, 2.45) is 0 Å². The number of carbonyl (C=O) groups excluding carboxylic acids is 1. The first-order valence-electron chi connectivity index (χ1n) is 8.96. The minimum absolute atomic E-state index is 0.0651. The summed E-state index contributed by atoms with van der Waals surface area (Å²) in [5.74, 6) is 0.390. The lowest BCUT2D eigenvalue weighted by Crippen LogP contribution is -2.49. The summed E-state index contributed by atoms with van der Waals surface area (Å²) in [7, 11) is 1.63. The molecule has 0 spiro atoms. The summed E-state index contributed by atoms with van der Waals surface area (Å²) in [5.41, 5.74) is 1.73. The number of anilines is 1. The van der Waals surface area contributed by atoms with Crippen LogP contribution in [0.25, 0.3) is 0 Å². The number of nitrogens with zero attached hydrogens (tertiary/aromatic N) is 3. The van der Waals surface area contributed by atoms with Crippen LogP contribution in [0.1, 0.15) is 17.5 Å². The maximum Gasteiger partial charge on any atom is 0.223 e. The summed E-state index contributed by atoms with van der Waals surface area (Å²) in [5, 5.41) is 9.20. The number of ether oxygens (including phenoxy) is 1. The normalized spacial score (nSPS) is 14.0. The second-order valence-electron chi connectivity index (χ2n) is 6.47. The van der Waals surface area contributed by atoms with Gasteiger partial charge in [-0.25, -0.2) is 4.39 Å². The van der Waals surface area contributed by atoms with Crippen LogP contribution < -0.4 is 9.64 Å². The number of aryl methyl sites for hydroxylation is 1. The number of amides is 1. The Kier molecular flexibility index (Phi) is 5.92. The fourth-order valence-electron chi connectivity index (χ4n) is 3.32. The molecule has 1 aliphatic rings.